The number of esters is 1. The van der Waals surface area contributed by atoms with Crippen molar-refractivity contribution >= 4 is 27.7 Å². The molecule has 0 amide bonds. The van der Waals surface area contributed by atoms with E-state index in [1.165, 1.54) is 12.8 Å². The molecule has 19 heavy (non-hydrogen) atoms. The number of hydrogen-bond donors (Lipinski definition) is 1. The number of aromatic nitrogens is 2. The maximum atomic E-state index is 11.2. The van der Waals surface area contributed by atoms with Gasteiger partial charge in [0.15, 0.2) is 0 Å². The highest BCUT2D eigenvalue weighted by Gasteiger charge is 2.27. The Bertz CT molecular complexity index is 450. The number of anilines is 1. The third kappa shape index (κ3) is 4.78. The number of halogens is 1. The van der Waals surface area contributed by atoms with Crippen molar-refractivity contribution in [2.24, 2.45) is 0 Å². The molecule has 1 N–H and O–H groups in total. The molecule has 0 saturated heterocycles. The van der Waals surface area contributed by atoms with E-state index in [4.69, 9.17) is 4.74 Å². The molecule has 1 aliphatic carbocycles. The van der Waals surface area contributed by atoms with Crippen molar-refractivity contribution in [3.63, 3.8) is 0 Å². The highest BCUT2D eigenvalue weighted by Crippen LogP contribution is 2.38. The molecule has 1 aliphatic rings. The summed E-state index contributed by atoms with van der Waals surface area (Å²) in [6.07, 6.45) is 3.53. The molecule has 0 unspecified atom stereocenters. The average molecular weight is 328 g/mol. The largest absolute Gasteiger partial charge is 0.466 e. The fraction of sp³-hybridized carbons (Fsp3) is 0.615. The molecule has 0 bridgehead atoms. The minimum absolute atomic E-state index is 0.146. The van der Waals surface area contributed by atoms with Crippen molar-refractivity contribution in [2.75, 3.05) is 18.5 Å². The minimum Gasteiger partial charge on any atom is -0.466 e. The first kappa shape index (κ1) is 14.2. The van der Waals surface area contributed by atoms with E-state index in [2.05, 4.69) is 31.2 Å². The molecule has 1 saturated carbocycles. The van der Waals surface area contributed by atoms with Gasteiger partial charge in [-0.05, 0) is 42.1 Å². The summed E-state index contributed by atoms with van der Waals surface area (Å²) in [6.45, 7) is 2.95. The molecule has 0 aromatic carbocycles. The van der Waals surface area contributed by atoms with Crippen LogP contribution >= 0.6 is 15.9 Å². The molecule has 0 radical (unpaired) electrons. The molecular weight excluding hydrogens is 310 g/mol. The third-order valence-corrected chi connectivity index (χ3v) is 3.23. The Morgan fingerprint density at radius 3 is 3.00 bits per heavy atom. The van der Waals surface area contributed by atoms with Gasteiger partial charge in [-0.2, -0.15) is 0 Å². The predicted octanol–water partition coefficient (Wildman–Crippen LogP) is 2.87. The zero-order chi connectivity index (χ0) is 13.7. The van der Waals surface area contributed by atoms with Crippen molar-refractivity contribution in [3.8, 4) is 0 Å². The lowest BCUT2D eigenvalue weighted by Crippen LogP contribution is -2.09. The normalized spacial score (nSPS) is 14.2. The summed E-state index contributed by atoms with van der Waals surface area (Å²) in [6, 6.07) is 1.86. The van der Waals surface area contributed by atoms with Crippen LogP contribution in [-0.4, -0.2) is 29.1 Å². The van der Waals surface area contributed by atoms with Crippen LogP contribution < -0.4 is 5.32 Å². The van der Waals surface area contributed by atoms with Gasteiger partial charge in [0, 0.05) is 24.9 Å². The molecule has 0 aliphatic heterocycles. The molecule has 0 atom stereocenters. The standard InChI is InChI=1S/C13H18BrN3O2/c1-2-19-12(18)4-3-7-15-11-8-10(14)16-13(17-11)9-5-6-9/h8-9H,2-7H2,1H3,(H,15,16,17). The Kier molecular flexibility index (Phi) is 5.13. The maximum absolute atomic E-state index is 11.2. The van der Waals surface area contributed by atoms with Crippen LogP contribution in [0.4, 0.5) is 5.82 Å². The highest BCUT2D eigenvalue weighted by atomic mass is 79.9. The second-order valence-electron chi connectivity index (χ2n) is 4.54. The van der Waals surface area contributed by atoms with Gasteiger partial charge in [0.1, 0.15) is 16.2 Å². The molecular formula is C13H18BrN3O2. The SMILES string of the molecule is CCOC(=O)CCCNc1cc(Br)nc(C2CC2)n1. The van der Waals surface area contributed by atoms with Crippen LogP contribution in [0.15, 0.2) is 10.7 Å². The van der Waals surface area contributed by atoms with E-state index < -0.39 is 0 Å². The van der Waals surface area contributed by atoms with Crippen LogP contribution in [0.1, 0.15) is 44.3 Å². The Hall–Kier alpha value is -1.17. The molecule has 5 nitrogen and oxygen atoms in total. The molecule has 1 heterocycles. The van der Waals surface area contributed by atoms with Crippen LogP contribution in [0.5, 0.6) is 0 Å². The first-order valence-corrected chi connectivity index (χ1v) is 7.42. The van der Waals surface area contributed by atoms with Crippen molar-refractivity contribution in [2.45, 2.75) is 38.5 Å². The zero-order valence-electron chi connectivity index (χ0n) is 11.0. The van der Waals surface area contributed by atoms with Gasteiger partial charge in [0.2, 0.25) is 0 Å². The van der Waals surface area contributed by atoms with Gasteiger partial charge in [0.05, 0.1) is 6.61 Å². The fourth-order valence-electron chi connectivity index (χ4n) is 1.73. The topological polar surface area (TPSA) is 64.1 Å². The van der Waals surface area contributed by atoms with Crippen molar-refractivity contribution in [3.05, 3.63) is 16.5 Å². The Labute approximate surface area is 121 Å². The molecule has 1 fully saturated rings. The van der Waals surface area contributed by atoms with Crippen LogP contribution in [0.3, 0.4) is 0 Å². The summed E-state index contributed by atoms with van der Waals surface area (Å²) in [5, 5.41) is 3.22. The van der Waals surface area contributed by atoms with Crippen LogP contribution in [0.25, 0.3) is 0 Å². The van der Waals surface area contributed by atoms with Gasteiger partial charge < -0.3 is 10.1 Å². The van der Waals surface area contributed by atoms with E-state index in [9.17, 15) is 4.79 Å². The molecule has 1 aromatic rings. The lowest BCUT2D eigenvalue weighted by Gasteiger charge is -2.07. The number of nitrogens with one attached hydrogen (secondary N) is 1. The van der Waals surface area contributed by atoms with Crippen LogP contribution in [0, 0.1) is 0 Å². The number of nitrogens with zero attached hydrogens (tertiary/aromatic N) is 2. The Morgan fingerprint density at radius 1 is 1.53 bits per heavy atom. The molecule has 0 spiro atoms. The van der Waals surface area contributed by atoms with Gasteiger partial charge in [-0.15, -0.1) is 0 Å². The maximum Gasteiger partial charge on any atom is 0.305 e. The number of carbonyl (C=O) groups excluding carboxylic acids is 1. The van der Waals surface area contributed by atoms with Crippen molar-refractivity contribution < 1.29 is 9.53 Å². The van der Waals surface area contributed by atoms with E-state index in [-0.39, 0.29) is 5.97 Å². The quantitative estimate of drug-likeness (QED) is 0.474. The molecule has 6 heteroatoms. The summed E-state index contributed by atoms with van der Waals surface area (Å²) >= 11 is 3.40. The first-order valence-electron chi connectivity index (χ1n) is 6.63. The summed E-state index contributed by atoms with van der Waals surface area (Å²) in [4.78, 5) is 20.0. The van der Waals surface area contributed by atoms with Gasteiger partial charge >= 0.3 is 5.97 Å². The number of carbonyl (C=O) groups is 1. The first-order chi connectivity index (χ1) is 9.19. The third-order valence-electron chi connectivity index (χ3n) is 2.82. The van der Waals surface area contributed by atoms with E-state index >= 15 is 0 Å². The Morgan fingerprint density at radius 2 is 2.32 bits per heavy atom. The lowest BCUT2D eigenvalue weighted by molar-refractivity contribution is -0.143. The van der Waals surface area contributed by atoms with E-state index in [0.29, 0.717) is 25.5 Å². The lowest BCUT2D eigenvalue weighted by atomic mass is 10.3. The zero-order valence-corrected chi connectivity index (χ0v) is 12.6. The van der Waals surface area contributed by atoms with E-state index in [1.54, 1.807) is 0 Å². The fourth-order valence-corrected chi connectivity index (χ4v) is 2.13. The average Bonchev–Trinajstić information content (AvgIpc) is 3.18. The second kappa shape index (κ2) is 6.84. The summed E-state index contributed by atoms with van der Waals surface area (Å²) in [5.41, 5.74) is 0. The molecule has 2 rings (SSSR count). The van der Waals surface area contributed by atoms with E-state index in [1.807, 2.05) is 13.0 Å². The van der Waals surface area contributed by atoms with Crippen LogP contribution in [0.2, 0.25) is 0 Å². The number of ether oxygens (including phenoxy) is 1. The summed E-state index contributed by atoms with van der Waals surface area (Å²) < 4.78 is 5.68. The minimum atomic E-state index is -0.146. The summed E-state index contributed by atoms with van der Waals surface area (Å²) in [7, 11) is 0. The highest BCUT2D eigenvalue weighted by molar-refractivity contribution is 9.10. The predicted molar refractivity (Wildman–Crippen MR) is 76.1 cm³/mol. The van der Waals surface area contributed by atoms with E-state index in [0.717, 1.165) is 22.7 Å². The second-order valence-corrected chi connectivity index (χ2v) is 5.36. The van der Waals surface area contributed by atoms with Gasteiger partial charge in [-0.25, -0.2) is 9.97 Å². The number of hydrogen-bond acceptors (Lipinski definition) is 5. The van der Waals surface area contributed by atoms with Gasteiger partial charge in [-0.1, -0.05) is 0 Å². The molecule has 1 aromatic heterocycles. The van der Waals surface area contributed by atoms with Gasteiger partial charge in [0.25, 0.3) is 0 Å². The Balaban J connectivity index is 1.77. The van der Waals surface area contributed by atoms with Gasteiger partial charge in [-0.3, -0.25) is 4.79 Å². The number of rotatable bonds is 7. The van der Waals surface area contributed by atoms with Crippen LogP contribution in [-0.2, 0) is 9.53 Å². The van der Waals surface area contributed by atoms with Crippen molar-refractivity contribution in [1.29, 1.82) is 0 Å². The molecule has 104 valence electrons. The smallest absolute Gasteiger partial charge is 0.305 e. The summed E-state index contributed by atoms with van der Waals surface area (Å²) in [5.74, 6) is 2.10. The van der Waals surface area contributed by atoms with Crippen molar-refractivity contribution in [1.82, 2.24) is 9.97 Å². The monoisotopic (exact) mass is 327 g/mol.